The molecule has 17 heavy (non-hydrogen) atoms. The van der Waals surface area contributed by atoms with Crippen molar-refractivity contribution in [1.29, 1.82) is 10.5 Å². The molecule has 0 aromatic heterocycles. The fraction of sp³-hybridized carbons (Fsp3) is 0.0909. The normalized spacial score (nSPS) is 12.5. The van der Waals surface area contributed by atoms with E-state index in [4.69, 9.17) is 20.7 Å². The van der Waals surface area contributed by atoms with Crippen molar-refractivity contribution in [1.82, 2.24) is 0 Å². The highest BCUT2D eigenvalue weighted by atomic mass is 16.3. The Morgan fingerprint density at radius 3 is 2.12 bits per heavy atom. The minimum Gasteiger partial charge on any atom is -0.504 e. The van der Waals surface area contributed by atoms with Gasteiger partial charge in [0.1, 0.15) is 0 Å². The Balaban J connectivity index is 3.24. The van der Waals surface area contributed by atoms with Crippen molar-refractivity contribution in [3.05, 3.63) is 23.3 Å². The van der Waals surface area contributed by atoms with E-state index in [-0.39, 0.29) is 11.1 Å². The molecule has 0 heterocycles. The van der Waals surface area contributed by atoms with E-state index in [2.05, 4.69) is 0 Å². The summed E-state index contributed by atoms with van der Waals surface area (Å²) in [6, 6.07) is 5.24. The van der Waals surface area contributed by atoms with Crippen LogP contribution in [0.3, 0.4) is 0 Å². The Kier molecular flexibility index (Phi) is 3.55. The van der Waals surface area contributed by atoms with Gasteiger partial charge in [-0.25, -0.2) is 0 Å². The molecule has 0 bridgehead atoms. The molecule has 0 radical (unpaired) electrons. The maximum Gasteiger partial charge on any atom is 0.200 e. The lowest BCUT2D eigenvalue weighted by atomic mass is 10.1. The van der Waals surface area contributed by atoms with Gasteiger partial charge in [-0.05, 0) is 23.8 Å². The number of benzene rings is 1. The molecule has 0 aliphatic carbocycles. The third kappa shape index (κ3) is 2.65. The lowest BCUT2D eigenvalue weighted by molar-refractivity contribution is 0.271. The fourth-order valence-corrected chi connectivity index (χ4v) is 1.13. The van der Waals surface area contributed by atoms with Gasteiger partial charge in [0.2, 0.25) is 0 Å². The lowest BCUT2D eigenvalue weighted by Crippen LogP contribution is -2.04. The molecule has 0 fully saturated rings. The molecule has 0 aliphatic rings. The largest absolute Gasteiger partial charge is 0.504 e. The van der Waals surface area contributed by atoms with Crippen LogP contribution in [-0.2, 0) is 0 Å². The summed E-state index contributed by atoms with van der Waals surface area (Å²) >= 11 is 0. The number of hydrogen-bond donors (Lipinski definition) is 4. The van der Waals surface area contributed by atoms with Gasteiger partial charge in [-0.2, -0.15) is 10.5 Å². The van der Waals surface area contributed by atoms with Gasteiger partial charge in [0, 0.05) is 0 Å². The summed E-state index contributed by atoms with van der Waals surface area (Å²) in [6.07, 6.45) is -0.467. The topological polar surface area (TPSA) is 128 Å². The van der Waals surface area contributed by atoms with Crippen LogP contribution in [0.5, 0.6) is 17.2 Å². The van der Waals surface area contributed by atoms with Crippen LogP contribution in [0.1, 0.15) is 5.56 Å². The molecule has 1 aromatic rings. The van der Waals surface area contributed by atoms with E-state index in [9.17, 15) is 10.2 Å². The average molecular weight is 232 g/mol. The van der Waals surface area contributed by atoms with Crippen LogP contribution in [0, 0.1) is 22.7 Å². The summed E-state index contributed by atoms with van der Waals surface area (Å²) < 4.78 is 0. The number of hydrogen-bond acceptors (Lipinski definition) is 6. The number of nitrogens with zero attached hydrogens (tertiary/aromatic N) is 2. The van der Waals surface area contributed by atoms with Gasteiger partial charge in [-0.3, -0.25) is 0 Å². The molecule has 0 amide bonds. The summed E-state index contributed by atoms with van der Waals surface area (Å²) in [7, 11) is 0. The fourth-order valence-electron chi connectivity index (χ4n) is 1.13. The van der Waals surface area contributed by atoms with Crippen LogP contribution in [0.4, 0.5) is 0 Å². The summed E-state index contributed by atoms with van der Waals surface area (Å²) in [5.41, 5.74) is -0.0689. The van der Waals surface area contributed by atoms with Crippen LogP contribution in [0.25, 0.3) is 6.08 Å². The Morgan fingerprint density at radius 2 is 1.71 bits per heavy atom. The molecule has 86 valence electrons. The molecule has 6 heteroatoms. The first-order valence-corrected chi connectivity index (χ1v) is 4.44. The Labute approximate surface area is 96.5 Å². The quantitative estimate of drug-likeness (QED) is 0.335. The van der Waals surface area contributed by atoms with Crippen LogP contribution in [0.2, 0.25) is 0 Å². The SMILES string of the molecule is N#C/C(=C/c1cc(O)c(O)c(O)c1)C(O)C#N. The maximum absolute atomic E-state index is 9.21. The first-order valence-electron chi connectivity index (χ1n) is 4.44. The number of aliphatic hydroxyl groups is 1. The Morgan fingerprint density at radius 1 is 1.18 bits per heavy atom. The van der Waals surface area contributed by atoms with Crippen molar-refractivity contribution in [3.63, 3.8) is 0 Å². The van der Waals surface area contributed by atoms with Crippen LogP contribution >= 0.6 is 0 Å². The zero-order chi connectivity index (χ0) is 13.0. The number of phenols is 3. The van der Waals surface area contributed by atoms with Gasteiger partial charge in [-0.15, -0.1) is 0 Å². The van der Waals surface area contributed by atoms with E-state index in [1.165, 1.54) is 6.07 Å². The smallest absolute Gasteiger partial charge is 0.200 e. The second-order valence-corrected chi connectivity index (χ2v) is 3.15. The highest BCUT2D eigenvalue weighted by molar-refractivity contribution is 5.65. The van der Waals surface area contributed by atoms with E-state index in [1.54, 1.807) is 6.07 Å². The summed E-state index contributed by atoms with van der Waals surface area (Å²) in [6.45, 7) is 0. The number of phenolic OH excluding ortho intramolecular Hbond substituents is 3. The van der Waals surface area contributed by atoms with E-state index in [0.29, 0.717) is 0 Å². The molecular weight excluding hydrogens is 224 g/mol. The molecule has 0 saturated heterocycles. The molecule has 0 aliphatic heterocycles. The van der Waals surface area contributed by atoms with Crippen molar-refractivity contribution in [2.24, 2.45) is 0 Å². The monoisotopic (exact) mass is 232 g/mol. The van der Waals surface area contributed by atoms with E-state index in [1.807, 2.05) is 0 Å². The molecule has 6 nitrogen and oxygen atoms in total. The summed E-state index contributed by atoms with van der Waals surface area (Å²) in [5.74, 6) is -1.82. The predicted octanol–water partition coefficient (Wildman–Crippen LogP) is 0.595. The van der Waals surface area contributed by atoms with E-state index in [0.717, 1.165) is 18.2 Å². The van der Waals surface area contributed by atoms with Crippen molar-refractivity contribution >= 4 is 6.08 Å². The van der Waals surface area contributed by atoms with Crippen LogP contribution in [-0.4, -0.2) is 26.5 Å². The highest BCUT2D eigenvalue weighted by Gasteiger charge is 2.11. The number of nitriles is 2. The van der Waals surface area contributed by atoms with Gasteiger partial charge >= 0.3 is 0 Å². The highest BCUT2D eigenvalue weighted by Crippen LogP contribution is 2.36. The van der Waals surface area contributed by atoms with Crippen molar-refractivity contribution < 1.29 is 20.4 Å². The summed E-state index contributed by atoms with van der Waals surface area (Å²) in [5, 5.41) is 53.8. The third-order valence-electron chi connectivity index (χ3n) is 1.96. The van der Waals surface area contributed by atoms with Crippen LogP contribution in [0.15, 0.2) is 17.7 Å². The molecule has 1 aromatic carbocycles. The zero-order valence-electron chi connectivity index (χ0n) is 8.49. The average Bonchev–Trinajstić information content (AvgIpc) is 2.31. The predicted molar refractivity (Wildman–Crippen MR) is 56.6 cm³/mol. The number of aromatic hydroxyl groups is 3. The zero-order valence-corrected chi connectivity index (χ0v) is 8.49. The minimum atomic E-state index is -1.59. The van der Waals surface area contributed by atoms with E-state index < -0.39 is 23.4 Å². The molecule has 0 saturated carbocycles. The van der Waals surface area contributed by atoms with Crippen molar-refractivity contribution in [3.8, 4) is 29.4 Å². The first-order chi connectivity index (χ1) is 7.99. The second kappa shape index (κ2) is 4.88. The summed E-state index contributed by atoms with van der Waals surface area (Å²) in [4.78, 5) is 0. The third-order valence-corrected chi connectivity index (χ3v) is 1.96. The standard InChI is InChI=1S/C11H8N2O4/c12-4-7(10(16)5-13)1-6-2-8(14)11(17)9(15)3-6/h1-3,10,14-17H/b7-1-. The van der Waals surface area contributed by atoms with Gasteiger partial charge < -0.3 is 20.4 Å². The van der Waals surface area contributed by atoms with Gasteiger partial charge in [0.05, 0.1) is 17.7 Å². The van der Waals surface area contributed by atoms with Gasteiger partial charge in [0.25, 0.3) is 0 Å². The van der Waals surface area contributed by atoms with Crippen molar-refractivity contribution in [2.75, 3.05) is 0 Å². The molecule has 4 N–H and O–H groups in total. The second-order valence-electron chi connectivity index (χ2n) is 3.15. The Bertz CT molecular complexity index is 529. The minimum absolute atomic E-state index is 0.170. The Hall–Kier alpha value is -2.70. The molecule has 0 spiro atoms. The van der Waals surface area contributed by atoms with Gasteiger partial charge in [0.15, 0.2) is 23.4 Å². The molecular formula is C11H8N2O4. The molecule has 1 atom stereocenters. The maximum atomic E-state index is 9.21. The van der Waals surface area contributed by atoms with Crippen LogP contribution < -0.4 is 0 Å². The van der Waals surface area contributed by atoms with Gasteiger partial charge in [-0.1, -0.05) is 0 Å². The number of aliphatic hydroxyl groups excluding tert-OH is 1. The number of rotatable bonds is 2. The van der Waals surface area contributed by atoms with E-state index >= 15 is 0 Å². The molecule has 1 rings (SSSR count). The first kappa shape index (κ1) is 12.4. The lowest BCUT2D eigenvalue weighted by Gasteiger charge is -2.04. The van der Waals surface area contributed by atoms with Crippen molar-refractivity contribution in [2.45, 2.75) is 6.10 Å². The molecule has 1 unspecified atom stereocenters.